The van der Waals surface area contributed by atoms with Gasteiger partial charge in [0, 0.05) is 38.0 Å². The largest absolute Gasteiger partial charge is 0.404 e. The molecule has 2 N–H and O–H groups in total. The molecule has 1 atom stereocenters. The number of unbranched alkanes of at least 4 members (excludes halogenated alkanes) is 2. The van der Waals surface area contributed by atoms with E-state index in [1.54, 1.807) is 12.3 Å². The van der Waals surface area contributed by atoms with E-state index >= 15 is 0 Å². The lowest BCUT2D eigenvalue weighted by Crippen LogP contribution is -2.45. The standard InChI is InChI=1S/C30H48FN3/c1-5-8-11-27(16-17-33-21-25(6-2)20-32)12-9-10-13-28-14-15-29(30(31)19-28)18-24(4)34-22-26(7-3)23-34/h14-15,19-21,26-27H,4-13,16-18,22-23,32H2,1-3H3/b25-20-,33-21?. The fourth-order valence-electron chi connectivity index (χ4n) is 4.69. The summed E-state index contributed by atoms with van der Waals surface area (Å²) >= 11 is 0. The lowest BCUT2D eigenvalue weighted by Gasteiger charge is -2.42. The molecule has 0 radical (unpaired) electrons. The molecule has 0 aliphatic carbocycles. The first-order valence-electron chi connectivity index (χ1n) is 13.6. The maximum Gasteiger partial charge on any atom is 0.127 e. The van der Waals surface area contributed by atoms with E-state index in [9.17, 15) is 4.39 Å². The number of aryl methyl sites for hydroxylation is 1. The van der Waals surface area contributed by atoms with Crippen LogP contribution in [0.5, 0.6) is 0 Å². The molecule has 1 unspecified atom stereocenters. The number of likely N-dealkylation sites (tertiary alicyclic amines) is 1. The molecule has 0 saturated carbocycles. The van der Waals surface area contributed by atoms with Crippen LogP contribution in [-0.4, -0.2) is 30.7 Å². The first kappa shape index (κ1) is 28.1. The van der Waals surface area contributed by atoms with Crippen LogP contribution >= 0.6 is 0 Å². The number of rotatable bonds is 17. The smallest absolute Gasteiger partial charge is 0.127 e. The summed E-state index contributed by atoms with van der Waals surface area (Å²) < 4.78 is 14.7. The minimum absolute atomic E-state index is 0.0807. The zero-order valence-corrected chi connectivity index (χ0v) is 22.0. The fraction of sp³-hybridized carbons (Fsp3) is 0.633. The molecule has 0 spiro atoms. The zero-order chi connectivity index (χ0) is 24.8. The van der Waals surface area contributed by atoms with Gasteiger partial charge in [-0.2, -0.15) is 0 Å². The van der Waals surface area contributed by atoms with Gasteiger partial charge in [-0.15, -0.1) is 0 Å². The van der Waals surface area contributed by atoms with Gasteiger partial charge in [-0.1, -0.05) is 71.6 Å². The van der Waals surface area contributed by atoms with E-state index in [4.69, 9.17) is 5.73 Å². The molecular formula is C30H48FN3. The maximum atomic E-state index is 14.7. The number of hydrogen-bond acceptors (Lipinski definition) is 3. The Bertz CT molecular complexity index is 792. The van der Waals surface area contributed by atoms with E-state index in [1.165, 1.54) is 38.5 Å². The van der Waals surface area contributed by atoms with Crippen molar-refractivity contribution in [2.75, 3.05) is 19.6 Å². The Labute approximate surface area is 208 Å². The van der Waals surface area contributed by atoms with Crippen molar-refractivity contribution in [1.82, 2.24) is 4.90 Å². The predicted molar refractivity (Wildman–Crippen MR) is 146 cm³/mol. The van der Waals surface area contributed by atoms with Crippen molar-refractivity contribution in [2.24, 2.45) is 22.6 Å². The van der Waals surface area contributed by atoms with Crippen LogP contribution in [0.15, 0.2) is 47.2 Å². The van der Waals surface area contributed by atoms with Crippen molar-refractivity contribution in [3.63, 3.8) is 0 Å². The molecule has 1 aliphatic rings. The van der Waals surface area contributed by atoms with E-state index in [-0.39, 0.29) is 5.82 Å². The molecule has 190 valence electrons. The number of halogens is 1. The molecular weight excluding hydrogens is 421 g/mol. The molecule has 2 rings (SSSR count). The van der Waals surface area contributed by atoms with Crippen molar-refractivity contribution in [2.45, 2.75) is 91.4 Å². The molecule has 1 saturated heterocycles. The number of nitrogens with two attached hydrogens (primary N) is 1. The molecule has 0 aromatic heterocycles. The Morgan fingerprint density at radius 3 is 2.59 bits per heavy atom. The van der Waals surface area contributed by atoms with Crippen molar-refractivity contribution >= 4 is 6.21 Å². The Balaban J connectivity index is 1.73. The molecule has 1 aromatic rings. The number of hydrogen-bond donors (Lipinski definition) is 1. The highest BCUT2D eigenvalue weighted by atomic mass is 19.1. The number of allylic oxidation sites excluding steroid dienone is 2. The SMILES string of the molecule is C=C(Cc1ccc(CCCCC(CCCC)CCN=C/C(=C\N)CC)cc1F)N1CC(CC)C1. The minimum atomic E-state index is -0.0807. The highest BCUT2D eigenvalue weighted by molar-refractivity contribution is 5.78. The third-order valence-corrected chi connectivity index (χ3v) is 7.33. The normalized spacial score (nSPS) is 15.6. The summed E-state index contributed by atoms with van der Waals surface area (Å²) in [5.41, 5.74) is 9.62. The second-order valence-electron chi connectivity index (χ2n) is 10.0. The fourth-order valence-corrected chi connectivity index (χ4v) is 4.69. The van der Waals surface area contributed by atoms with Gasteiger partial charge in [-0.05, 0) is 72.9 Å². The number of benzene rings is 1. The molecule has 0 amide bonds. The highest BCUT2D eigenvalue weighted by Gasteiger charge is 2.26. The average molecular weight is 470 g/mol. The van der Waals surface area contributed by atoms with E-state index in [1.807, 2.05) is 12.3 Å². The van der Waals surface area contributed by atoms with Gasteiger partial charge in [0.05, 0.1) is 0 Å². The van der Waals surface area contributed by atoms with Crippen LogP contribution in [-0.2, 0) is 12.8 Å². The summed E-state index contributed by atoms with van der Waals surface area (Å²) in [6, 6.07) is 5.82. The maximum absolute atomic E-state index is 14.7. The van der Waals surface area contributed by atoms with Crippen molar-refractivity contribution in [1.29, 1.82) is 0 Å². The van der Waals surface area contributed by atoms with Crippen LogP contribution in [0.4, 0.5) is 4.39 Å². The first-order chi connectivity index (χ1) is 16.5. The Morgan fingerprint density at radius 1 is 1.18 bits per heavy atom. The molecule has 1 heterocycles. The Hall–Kier alpha value is -2.10. The first-order valence-corrected chi connectivity index (χ1v) is 13.6. The zero-order valence-electron chi connectivity index (χ0n) is 22.0. The van der Waals surface area contributed by atoms with E-state index < -0.39 is 0 Å². The monoisotopic (exact) mass is 469 g/mol. The number of aliphatic imine (C=N–C) groups is 1. The van der Waals surface area contributed by atoms with Gasteiger partial charge in [-0.3, -0.25) is 4.99 Å². The topological polar surface area (TPSA) is 41.6 Å². The summed E-state index contributed by atoms with van der Waals surface area (Å²) in [4.78, 5) is 6.87. The lowest BCUT2D eigenvalue weighted by molar-refractivity contribution is 0.137. The van der Waals surface area contributed by atoms with Crippen LogP contribution in [0, 0.1) is 17.7 Å². The second-order valence-corrected chi connectivity index (χ2v) is 10.0. The summed E-state index contributed by atoms with van der Waals surface area (Å²) in [5.74, 6) is 1.42. The van der Waals surface area contributed by atoms with Gasteiger partial charge in [-0.25, -0.2) is 4.39 Å². The van der Waals surface area contributed by atoms with Gasteiger partial charge in [0.25, 0.3) is 0 Å². The van der Waals surface area contributed by atoms with E-state index in [0.29, 0.717) is 6.42 Å². The Kier molecular flexibility index (Phi) is 13.0. The minimum Gasteiger partial charge on any atom is -0.404 e. The number of nitrogens with zero attached hydrogens (tertiary/aromatic N) is 2. The van der Waals surface area contributed by atoms with Crippen LogP contribution < -0.4 is 5.73 Å². The van der Waals surface area contributed by atoms with E-state index in [0.717, 1.165) is 79.6 Å². The molecule has 3 nitrogen and oxygen atoms in total. The molecule has 1 aliphatic heterocycles. The quantitative estimate of drug-likeness (QED) is 0.190. The third-order valence-electron chi connectivity index (χ3n) is 7.33. The predicted octanol–water partition coefficient (Wildman–Crippen LogP) is 7.46. The lowest BCUT2D eigenvalue weighted by atomic mass is 9.92. The van der Waals surface area contributed by atoms with Crippen LogP contribution in [0.25, 0.3) is 0 Å². The van der Waals surface area contributed by atoms with Crippen molar-refractivity contribution in [3.05, 3.63) is 59.2 Å². The van der Waals surface area contributed by atoms with Gasteiger partial charge >= 0.3 is 0 Å². The van der Waals surface area contributed by atoms with E-state index in [2.05, 4.69) is 43.3 Å². The molecule has 1 aromatic carbocycles. The van der Waals surface area contributed by atoms with Crippen LogP contribution in [0.2, 0.25) is 0 Å². The van der Waals surface area contributed by atoms with Gasteiger partial charge in [0.15, 0.2) is 0 Å². The summed E-state index contributed by atoms with van der Waals surface area (Å²) in [7, 11) is 0. The van der Waals surface area contributed by atoms with Crippen LogP contribution in [0.1, 0.15) is 89.7 Å². The molecule has 34 heavy (non-hydrogen) atoms. The van der Waals surface area contributed by atoms with Gasteiger partial charge < -0.3 is 10.6 Å². The average Bonchev–Trinajstić information content (AvgIpc) is 2.80. The summed E-state index contributed by atoms with van der Waals surface area (Å²) in [5, 5.41) is 0. The Morgan fingerprint density at radius 2 is 1.94 bits per heavy atom. The summed E-state index contributed by atoms with van der Waals surface area (Å²) in [6.45, 7) is 13.8. The highest BCUT2D eigenvalue weighted by Crippen LogP contribution is 2.26. The molecule has 1 fully saturated rings. The van der Waals surface area contributed by atoms with Crippen molar-refractivity contribution < 1.29 is 4.39 Å². The second kappa shape index (κ2) is 15.7. The molecule has 4 heteroatoms. The molecule has 0 bridgehead atoms. The van der Waals surface area contributed by atoms with Gasteiger partial charge in [0.2, 0.25) is 0 Å². The van der Waals surface area contributed by atoms with Crippen molar-refractivity contribution in [3.8, 4) is 0 Å². The van der Waals surface area contributed by atoms with Crippen LogP contribution in [0.3, 0.4) is 0 Å². The van der Waals surface area contributed by atoms with Gasteiger partial charge in [0.1, 0.15) is 5.82 Å². The third kappa shape index (κ3) is 9.64. The summed E-state index contributed by atoms with van der Waals surface area (Å²) in [6.07, 6.45) is 15.8.